The molecule has 7 heteroatoms. The van der Waals surface area contributed by atoms with E-state index in [0.717, 1.165) is 0 Å². The van der Waals surface area contributed by atoms with Crippen molar-refractivity contribution >= 4 is 21.9 Å². The van der Waals surface area contributed by atoms with Crippen molar-refractivity contribution in [2.45, 2.75) is 31.9 Å². The highest BCUT2D eigenvalue weighted by atomic mass is 16.6. The summed E-state index contributed by atoms with van der Waals surface area (Å²) in [6.45, 7) is 3.35. The predicted octanol–water partition coefficient (Wildman–Crippen LogP) is 3.31. The Bertz CT molecular complexity index is 1110. The average molecular weight is 355 g/mol. The molecule has 3 aromatic rings. The van der Waals surface area contributed by atoms with Crippen LogP contribution in [0.1, 0.15) is 19.4 Å². The smallest absolute Gasteiger partial charge is 0.255 e. The van der Waals surface area contributed by atoms with Gasteiger partial charge < -0.3 is 13.9 Å². The van der Waals surface area contributed by atoms with E-state index in [2.05, 4.69) is 0 Å². The number of fused-ring (bicyclic) bond motifs is 4. The van der Waals surface area contributed by atoms with E-state index in [1.807, 2.05) is 0 Å². The fraction of sp³-hybridized carbons (Fsp3) is 0.316. The van der Waals surface area contributed by atoms with Gasteiger partial charge in [-0.05, 0) is 26.0 Å². The van der Waals surface area contributed by atoms with Crippen molar-refractivity contribution in [3.8, 4) is 11.5 Å². The standard InChI is InChI=1S/C19H17NO6/c1-19(2)15(20(22)23)8-11-13(26-19)9-14(24-3)16-17(21)10-6-4-5-7-12(10)25-18(11)16/h4-7,9,15H,8H2,1-3H3. The van der Waals surface area contributed by atoms with Crippen LogP contribution >= 0.6 is 0 Å². The Labute approximate surface area is 148 Å². The summed E-state index contributed by atoms with van der Waals surface area (Å²) in [6.07, 6.45) is 0.108. The summed E-state index contributed by atoms with van der Waals surface area (Å²) in [4.78, 5) is 24.2. The molecule has 0 bridgehead atoms. The average Bonchev–Trinajstić information content (AvgIpc) is 2.59. The summed E-state index contributed by atoms with van der Waals surface area (Å²) >= 11 is 0. The topological polar surface area (TPSA) is 91.8 Å². The minimum absolute atomic E-state index is 0.108. The van der Waals surface area contributed by atoms with E-state index in [9.17, 15) is 14.9 Å². The number of hydrogen-bond donors (Lipinski definition) is 0. The Balaban J connectivity index is 2.11. The third-order valence-corrected chi connectivity index (χ3v) is 4.93. The zero-order valence-electron chi connectivity index (χ0n) is 14.6. The largest absolute Gasteiger partial charge is 0.496 e. The molecule has 2 aromatic carbocycles. The van der Waals surface area contributed by atoms with Gasteiger partial charge in [0.05, 0.1) is 18.9 Å². The van der Waals surface area contributed by atoms with E-state index in [-0.39, 0.29) is 27.7 Å². The van der Waals surface area contributed by atoms with E-state index in [4.69, 9.17) is 13.9 Å². The summed E-state index contributed by atoms with van der Waals surface area (Å²) < 4.78 is 17.3. The van der Waals surface area contributed by atoms with E-state index in [1.54, 1.807) is 44.2 Å². The molecule has 0 saturated carbocycles. The molecule has 1 aromatic heterocycles. The number of nitrogens with zero attached hydrogens (tertiary/aromatic N) is 1. The molecule has 7 nitrogen and oxygen atoms in total. The fourth-order valence-electron chi connectivity index (χ4n) is 3.53. The molecule has 0 radical (unpaired) electrons. The first kappa shape index (κ1) is 16.4. The molecular weight excluding hydrogens is 338 g/mol. The first-order valence-corrected chi connectivity index (χ1v) is 8.21. The van der Waals surface area contributed by atoms with Gasteiger partial charge in [-0.3, -0.25) is 14.9 Å². The second kappa shape index (κ2) is 5.45. The van der Waals surface area contributed by atoms with E-state index in [1.165, 1.54) is 7.11 Å². The highest BCUT2D eigenvalue weighted by Gasteiger charge is 2.46. The molecule has 26 heavy (non-hydrogen) atoms. The third kappa shape index (κ3) is 2.23. The summed E-state index contributed by atoms with van der Waals surface area (Å²) in [7, 11) is 1.46. The molecule has 0 aliphatic carbocycles. The van der Waals surface area contributed by atoms with Crippen LogP contribution in [-0.2, 0) is 6.42 Å². The minimum Gasteiger partial charge on any atom is -0.496 e. The van der Waals surface area contributed by atoms with Crippen LogP contribution in [0, 0.1) is 10.1 Å². The molecule has 0 N–H and O–H groups in total. The number of nitro groups is 1. The van der Waals surface area contributed by atoms with Gasteiger partial charge in [0, 0.05) is 16.6 Å². The summed E-state index contributed by atoms with van der Waals surface area (Å²) in [5, 5.41) is 12.2. The summed E-state index contributed by atoms with van der Waals surface area (Å²) in [6, 6.07) is 7.55. The molecular formula is C19H17NO6. The van der Waals surface area contributed by atoms with Gasteiger partial charge in [-0.1, -0.05) is 12.1 Å². The lowest BCUT2D eigenvalue weighted by Gasteiger charge is -2.34. The molecule has 0 amide bonds. The van der Waals surface area contributed by atoms with Crippen molar-refractivity contribution in [1.82, 2.24) is 0 Å². The Morgan fingerprint density at radius 2 is 2.04 bits per heavy atom. The van der Waals surface area contributed by atoms with Gasteiger partial charge in [0.15, 0.2) is 5.60 Å². The molecule has 1 atom stereocenters. The molecule has 4 rings (SSSR count). The molecule has 134 valence electrons. The fourth-order valence-corrected chi connectivity index (χ4v) is 3.53. The van der Waals surface area contributed by atoms with Crippen LogP contribution in [0.25, 0.3) is 21.9 Å². The van der Waals surface area contributed by atoms with Crippen molar-refractivity contribution in [2.24, 2.45) is 0 Å². The lowest BCUT2D eigenvalue weighted by molar-refractivity contribution is -0.542. The van der Waals surface area contributed by atoms with Crippen LogP contribution in [0.15, 0.2) is 39.5 Å². The van der Waals surface area contributed by atoms with Gasteiger partial charge in [-0.2, -0.15) is 0 Å². The summed E-state index contributed by atoms with van der Waals surface area (Å²) in [5.41, 5.74) is -0.00575. The van der Waals surface area contributed by atoms with Crippen molar-refractivity contribution in [1.29, 1.82) is 0 Å². The van der Waals surface area contributed by atoms with Crippen LogP contribution in [-0.4, -0.2) is 23.7 Å². The lowest BCUT2D eigenvalue weighted by atomic mass is 9.88. The first-order valence-electron chi connectivity index (χ1n) is 8.21. The zero-order chi connectivity index (χ0) is 18.6. The predicted molar refractivity (Wildman–Crippen MR) is 95.7 cm³/mol. The second-order valence-electron chi connectivity index (χ2n) is 6.90. The molecule has 0 fully saturated rings. The van der Waals surface area contributed by atoms with Crippen molar-refractivity contribution in [2.75, 3.05) is 7.11 Å². The van der Waals surface area contributed by atoms with E-state index in [0.29, 0.717) is 28.0 Å². The van der Waals surface area contributed by atoms with Crippen LogP contribution in [0.3, 0.4) is 0 Å². The molecule has 1 aliphatic heterocycles. The molecule has 1 aliphatic rings. The van der Waals surface area contributed by atoms with Crippen LogP contribution in [0.2, 0.25) is 0 Å². The molecule has 0 saturated heterocycles. The maximum absolute atomic E-state index is 13.0. The molecule has 2 heterocycles. The van der Waals surface area contributed by atoms with Crippen LogP contribution in [0.4, 0.5) is 0 Å². The quantitative estimate of drug-likeness (QED) is 0.398. The first-order chi connectivity index (χ1) is 12.3. The Morgan fingerprint density at radius 1 is 1.31 bits per heavy atom. The van der Waals surface area contributed by atoms with Gasteiger partial charge in [-0.25, -0.2) is 0 Å². The van der Waals surface area contributed by atoms with Gasteiger partial charge in [0.2, 0.25) is 5.43 Å². The highest BCUT2D eigenvalue weighted by molar-refractivity contribution is 5.96. The number of para-hydroxylation sites is 1. The summed E-state index contributed by atoms with van der Waals surface area (Å²) in [5.74, 6) is 0.768. The van der Waals surface area contributed by atoms with E-state index < -0.39 is 11.6 Å². The third-order valence-electron chi connectivity index (χ3n) is 4.93. The van der Waals surface area contributed by atoms with Gasteiger partial charge in [0.1, 0.15) is 28.1 Å². The second-order valence-corrected chi connectivity index (χ2v) is 6.90. The molecule has 0 spiro atoms. The minimum atomic E-state index is -0.994. The van der Waals surface area contributed by atoms with E-state index >= 15 is 0 Å². The van der Waals surface area contributed by atoms with Crippen LogP contribution in [0.5, 0.6) is 11.5 Å². The number of methoxy groups -OCH3 is 1. The maximum atomic E-state index is 13.0. The van der Waals surface area contributed by atoms with Crippen molar-refractivity contribution < 1.29 is 18.8 Å². The van der Waals surface area contributed by atoms with Crippen molar-refractivity contribution in [3.63, 3.8) is 0 Å². The Kier molecular flexibility index (Phi) is 3.44. The van der Waals surface area contributed by atoms with Gasteiger partial charge in [-0.15, -0.1) is 0 Å². The van der Waals surface area contributed by atoms with Crippen molar-refractivity contribution in [3.05, 3.63) is 56.2 Å². The van der Waals surface area contributed by atoms with Gasteiger partial charge >= 0.3 is 0 Å². The molecule has 1 unspecified atom stereocenters. The number of ether oxygens (including phenoxy) is 2. The number of rotatable bonds is 2. The van der Waals surface area contributed by atoms with Crippen LogP contribution < -0.4 is 14.9 Å². The monoisotopic (exact) mass is 355 g/mol. The maximum Gasteiger partial charge on any atom is 0.255 e. The Hall–Kier alpha value is -3.09. The lowest BCUT2D eigenvalue weighted by Crippen LogP contribution is -2.50. The normalized spacial score (nSPS) is 18.3. The SMILES string of the molecule is COc1cc2c(c3oc4ccccc4c(=O)c13)CC([N+](=O)[O-])C(C)(C)O2. The highest BCUT2D eigenvalue weighted by Crippen LogP contribution is 2.42. The Morgan fingerprint density at radius 3 is 2.73 bits per heavy atom. The number of hydrogen-bond acceptors (Lipinski definition) is 6. The number of benzene rings is 2. The zero-order valence-corrected chi connectivity index (χ0v) is 14.6. The van der Waals surface area contributed by atoms with Gasteiger partial charge in [0.25, 0.3) is 6.04 Å².